The highest BCUT2D eigenvalue weighted by Crippen LogP contribution is 2.60. The number of hydrogen-bond donors (Lipinski definition) is 4. The number of aliphatic carboxylic acids is 1. The van der Waals surface area contributed by atoms with Gasteiger partial charge in [0, 0.05) is 45.7 Å². The Balaban J connectivity index is 2.51. The van der Waals surface area contributed by atoms with Crippen LogP contribution in [0.3, 0.4) is 0 Å². The van der Waals surface area contributed by atoms with Crippen molar-refractivity contribution in [3.8, 4) is 17.2 Å². The molecule has 0 amide bonds. The maximum atomic E-state index is 12.3. The van der Waals surface area contributed by atoms with Gasteiger partial charge in [0.2, 0.25) is 5.54 Å². The number of carboxylic acids is 1. The van der Waals surface area contributed by atoms with Crippen molar-refractivity contribution in [2.24, 2.45) is 0 Å². The number of nitrogens with zero attached hydrogens (tertiary/aromatic N) is 1. The van der Waals surface area contributed by atoms with E-state index in [0.717, 1.165) is 8.25 Å². The van der Waals surface area contributed by atoms with Crippen molar-refractivity contribution in [3.63, 3.8) is 0 Å². The monoisotopic (exact) mass is 647 g/mol. The predicted molar refractivity (Wildman–Crippen MR) is 120 cm³/mol. The molecule has 4 N–H and O–H groups in total. The lowest BCUT2D eigenvalue weighted by molar-refractivity contribution is -0.150. The van der Waals surface area contributed by atoms with Gasteiger partial charge in [-0.15, -0.1) is 0 Å². The molecule has 0 aromatic heterocycles. The summed E-state index contributed by atoms with van der Waals surface area (Å²) in [6, 6.07) is 11.3. The van der Waals surface area contributed by atoms with E-state index in [4.69, 9.17) is 4.74 Å². The van der Waals surface area contributed by atoms with E-state index < -0.39 is 30.5 Å². The van der Waals surface area contributed by atoms with E-state index in [-0.39, 0.29) is 11.3 Å². The van der Waals surface area contributed by atoms with E-state index >= 15 is 0 Å². The average Bonchev–Trinajstić information content (AvgIpc) is 2.60. The Bertz CT molecular complexity index is 929. The summed E-state index contributed by atoms with van der Waals surface area (Å²) in [5.74, 6) is -1.81. The second-order valence-electron chi connectivity index (χ2n) is 6.02. The highest BCUT2D eigenvalue weighted by atomic mass is 127. The highest BCUT2D eigenvalue weighted by Gasteiger charge is 2.61. The van der Waals surface area contributed by atoms with Gasteiger partial charge in [0.15, 0.2) is 5.78 Å². The summed E-state index contributed by atoms with van der Waals surface area (Å²) in [6.45, 7) is 0.976. The lowest BCUT2D eigenvalue weighted by Gasteiger charge is -2.37. The number of halogens is 2. The molecule has 0 spiro atoms. The van der Waals surface area contributed by atoms with Crippen LogP contribution in [0, 0.1) is 0 Å². The normalized spacial score (nSPS) is 14.8. The molecule has 0 aliphatic rings. The molecule has 0 fully saturated rings. The van der Waals surface area contributed by atoms with Crippen molar-refractivity contribution >= 4 is 65.1 Å². The van der Waals surface area contributed by atoms with Crippen molar-refractivity contribution in [1.29, 1.82) is 0 Å². The predicted octanol–water partition coefficient (Wildman–Crippen LogP) is 3.82. The fraction of sp³-hybridized carbons (Fsp3) is 0.176. The minimum Gasteiger partial charge on any atom is -0.508 e. The first kappa shape index (κ1) is 24.0. The molecule has 0 saturated carbocycles. The average molecular weight is 647 g/mol. The number of benzene rings is 2. The van der Waals surface area contributed by atoms with Crippen LogP contribution in [-0.2, 0) is 14.2 Å². The molecule has 0 aliphatic heterocycles. The first-order valence-electron chi connectivity index (χ1n) is 7.89. The Labute approximate surface area is 193 Å². The minimum atomic E-state index is -5.09. The van der Waals surface area contributed by atoms with Gasteiger partial charge in [0.25, 0.3) is 0 Å². The van der Waals surface area contributed by atoms with Gasteiger partial charge in [0.05, 0.1) is 0 Å². The van der Waals surface area contributed by atoms with Crippen LogP contribution >= 0.6 is 53.3 Å². The van der Waals surface area contributed by atoms with Crippen LogP contribution in [0.1, 0.15) is 18.1 Å². The smallest absolute Gasteiger partial charge is 0.336 e. The van der Waals surface area contributed by atoms with Gasteiger partial charge in [-0.3, -0.25) is 9.36 Å². The SMILES string of the molecule is CC(=O)[C@@](C(=O)O)(C(c1ccc(Oc2ccc(O)cc2)cc1)P(=O)(O)O)N(I)I. The topological polar surface area (TPSA) is 145 Å². The van der Waals surface area contributed by atoms with Crippen molar-refractivity contribution in [2.75, 3.05) is 0 Å². The molecule has 1 unspecified atom stereocenters. The Morgan fingerprint density at radius 2 is 1.48 bits per heavy atom. The molecule has 0 bridgehead atoms. The van der Waals surface area contributed by atoms with E-state index in [0.29, 0.717) is 11.5 Å². The van der Waals surface area contributed by atoms with Gasteiger partial charge in [-0.2, -0.15) is 1.33 Å². The summed E-state index contributed by atoms with van der Waals surface area (Å²) < 4.78 is 18.8. The Kier molecular flexibility index (Phi) is 7.68. The fourth-order valence-electron chi connectivity index (χ4n) is 2.79. The van der Waals surface area contributed by atoms with Crippen LogP contribution < -0.4 is 4.74 Å². The van der Waals surface area contributed by atoms with E-state index in [1.807, 2.05) is 0 Å². The first-order chi connectivity index (χ1) is 13.4. The molecule has 0 saturated heterocycles. The van der Waals surface area contributed by atoms with Crippen LogP contribution in [0.2, 0.25) is 0 Å². The Morgan fingerprint density at radius 1 is 1.03 bits per heavy atom. The Hall–Kier alpha value is -1.25. The maximum absolute atomic E-state index is 12.3. The molecule has 0 heterocycles. The fourth-order valence-corrected chi connectivity index (χ4v) is 6.34. The summed E-state index contributed by atoms with van der Waals surface area (Å²) in [5.41, 5.74) is -4.46. The van der Waals surface area contributed by atoms with E-state index in [1.54, 1.807) is 0 Å². The number of carbonyl (C=O) groups is 2. The summed E-state index contributed by atoms with van der Waals surface area (Å²) in [6.07, 6.45) is 0. The molecule has 0 radical (unpaired) electrons. The highest BCUT2D eigenvalue weighted by molar-refractivity contribution is 14.2. The number of rotatable bonds is 8. The van der Waals surface area contributed by atoms with Gasteiger partial charge in [-0.1, -0.05) is 12.1 Å². The summed E-state index contributed by atoms with van der Waals surface area (Å²) in [5, 5.41) is 19.1. The van der Waals surface area contributed by atoms with Gasteiger partial charge in [-0.05, 0) is 48.9 Å². The summed E-state index contributed by atoms with van der Waals surface area (Å²) in [4.78, 5) is 44.3. The third-order valence-electron chi connectivity index (χ3n) is 4.13. The Morgan fingerprint density at radius 3 is 1.83 bits per heavy atom. The van der Waals surface area contributed by atoms with Crippen molar-refractivity contribution in [3.05, 3.63) is 54.1 Å². The standard InChI is InChI=1S/C17H16I2NO8P/c1-10(21)17(16(23)24,20(18)19)15(29(25,26)27)11-2-6-13(7-3-11)28-14-8-4-12(22)5-9-14/h2-9,15,22H,1H3,(H,23,24)(H2,25,26,27)/t15?,17-/m0/s1. The van der Waals surface area contributed by atoms with Gasteiger partial charge in [-0.25, -0.2) is 4.79 Å². The zero-order valence-corrected chi connectivity index (χ0v) is 20.0. The summed E-state index contributed by atoms with van der Waals surface area (Å²) >= 11 is 3.05. The second kappa shape index (κ2) is 9.27. The minimum absolute atomic E-state index is 0.0349. The first-order valence-corrected chi connectivity index (χ1v) is 11.5. The van der Waals surface area contributed by atoms with Crippen LogP contribution in [0.25, 0.3) is 0 Å². The summed E-state index contributed by atoms with van der Waals surface area (Å²) in [7, 11) is -5.09. The molecule has 9 nitrogen and oxygen atoms in total. The maximum Gasteiger partial charge on any atom is 0.336 e. The second-order valence-corrected chi connectivity index (χ2v) is 11.5. The lowest BCUT2D eigenvalue weighted by atomic mass is 9.87. The van der Waals surface area contributed by atoms with Crippen LogP contribution in [0.4, 0.5) is 0 Å². The molecule has 2 rings (SSSR count). The van der Waals surface area contributed by atoms with E-state index in [9.17, 15) is 34.2 Å². The van der Waals surface area contributed by atoms with E-state index in [1.165, 1.54) is 94.3 Å². The number of aromatic hydroxyl groups is 1. The number of carbonyl (C=O) groups excluding carboxylic acids is 1. The van der Waals surface area contributed by atoms with Crippen LogP contribution in [0.5, 0.6) is 17.2 Å². The van der Waals surface area contributed by atoms with E-state index in [2.05, 4.69) is 0 Å². The molecule has 2 atom stereocenters. The zero-order chi connectivity index (χ0) is 22.0. The van der Waals surface area contributed by atoms with Crippen molar-refractivity contribution in [1.82, 2.24) is 1.33 Å². The molecule has 2 aromatic carbocycles. The third-order valence-corrected chi connectivity index (χ3v) is 7.00. The third kappa shape index (κ3) is 5.09. The molecule has 156 valence electrons. The number of hydrogen-bond acceptors (Lipinski definition) is 6. The molecule has 29 heavy (non-hydrogen) atoms. The lowest BCUT2D eigenvalue weighted by Crippen LogP contribution is -2.56. The quantitative estimate of drug-likeness (QED) is 0.146. The molecular formula is C17H16I2NO8P. The molecular weight excluding hydrogens is 631 g/mol. The van der Waals surface area contributed by atoms with Crippen LogP contribution in [-0.4, -0.2) is 38.6 Å². The van der Waals surface area contributed by atoms with Gasteiger partial charge in [0.1, 0.15) is 22.9 Å². The number of phenolic OH excluding ortho intramolecular Hbond substituents is 1. The van der Waals surface area contributed by atoms with Gasteiger partial charge >= 0.3 is 13.6 Å². The van der Waals surface area contributed by atoms with Crippen molar-refractivity contribution in [2.45, 2.75) is 18.1 Å². The number of phenols is 1. The van der Waals surface area contributed by atoms with Gasteiger partial charge < -0.3 is 24.7 Å². The zero-order valence-electron chi connectivity index (χ0n) is 14.8. The number of ketones is 1. The number of carboxylic acid groups (broad SMARTS) is 1. The molecule has 12 heteroatoms. The van der Waals surface area contributed by atoms with Crippen LogP contribution in [0.15, 0.2) is 48.5 Å². The van der Waals surface area contributed by atoms with Crippen molar-refractivity contribution < 1.29 is 38.9 Å². The molecule has 0 aliphatic carbocycles. The number of ether oxygens (including phenoxy) is 1. The number of Topliss-reactive ketones (excluding diaryl/α,β-unsaturated/α-hetero) is 1. The largest absolute Gasteiger partial charge is 0.508 e. The molecule has 2 aromatic rings.